The van der Waals surface area contributed by atoms with E-state index in [0.29, 0.717) is 17.0 Å². The van der Waals surface area contributed by atoms with Crippen molar-refractivity contribution in [2.75, 3.05) is 6.26 Å². The van der Waals surface area contributed by atoms with Crippen LogP contribution in [0.4, 0.5) is 0 Å². The third-order valence-corrected chi connectivity index (χ3v) is 4.44. The van der Waals surface area contributed by atoms with Crippen molar-refractivity contribution in [3.05, 3.63) is 72.6 Å². The maximum Gasteiger partial charge on any atom is 0.343 e. The van der Waals surface area contributed by atoms with Crippen LogP contribution >= 0.6 is 0 Å². The van der Waals surface area contributed by atoms with Gasteiger partial charge in [-0.2, -0.15) is 5.10 Å². The maximum atomic E-state index is 12.0. The van der Waals surface area contributed by atoms with E-state index < -0.39 is 15.8 Å². The molecule has 0 aliphatic heterocycles. The van der Waals surface area contributed by atoms with Crippen LogP contribution in [0.3, 0.4) is 0 Å². The molecule has 7 heteroatoms. The van der Waals surface area contributed by atoms with E-state index in [1.807, 2.05) is 6.07 Å². The van der Waals surface area contributed by atoms with Crippen molar-refractivity contribution in [3.8, 4) is 11.4 Å². The highest BCUT2D eigenvalue weighted by atomic mass is 32.2. The fourth-order valence-corrected chi connectivity index (χ4v) is 2.72. The molecule has 0 bridgehead atoms. The number of hydrogen-bond donors (Lipinski definition) is 0. The number of ether oxygens (including phenoxy) is 1. The van der Waals surface area contributed by atoms with Crippen molar-refractivity contribution in [3.63, 3.8) is 0 Å². The fourth-order valence-electron chi connectivity index (χ4n) is 2.09. The topological polar surface area (TPSA) is 78.3 Å². The van der Waals surface area contributed by atoms with Gasteiger partial charge in [-0.1, -0.05) is 18.2 Å². The van der Waals surface area contributed by atoms with Crippen molar-refractivity contribution in [2.24, 2.45) is 0 Å². The summed E-state index contributed by atoms with van der Waals surface area (Å²) in [6.07, 6.45) is 4.12. The van der Waals surface area contributed by atoms with Crippen LogP contribution in [0.2, 0.25) is 0 Å². The number of sulfone groups is 1. The summed E-state index contributed by atoms with van der Waals surface area (Å²) in [5.74, 6) is -0.168. The first kappa shape index (κ1) is 15.9. The Morgan fingerprint density at radius 1 is 1.04 bits per heavy atom. The van der Waals surface area contributed by atoms with Crippen LogP contribution in [0.5, 0.6) is 5.75 Å². The number of benzene rings is 2. The predicted octanol–water partition coefficient (Wildman–Crippen LogP) is 2.50. The Kier molecular flexibility index (Phi) is 4.18. The lowest BCUT2D eigenvalue weighted by atomic mass is 10.2. The molecule has 0 amide bonds. The molecular weight excluding hydrogens is 328 g/mol. The van der Waals surface area contributed by atoms with Gasteiger partial charge in [-0.15, -0.1) is 0 Å². The summed E-state index contributed by atoms with van der Waals surface area (Å²) in [5.41, 5.74) is 1.10. The van der Waals surface area contributed by atoms with Crippen LogP contribution in [-0.2, 0) is 9.84 Å². The molecule has 0 unspecified atom stereocenters. The van der Waals surface area contributed by atoms with E-state index in [2.05, 4.69) is 5.10 Å². The van der Waals surface area contributed by atoms with Gasteiger partial charge in [0.05, 0.1) is 28.5 Å². The van der Waals surface area contributed by atoms with E-state index in [0.717, 1.165) is 6.26 Å². The highest BCUT2D eigenvalue weighted by Crippen LogP contribution is 2.17. The average molecular weight is 342 g/mol. The van der Waals surface area contributed by atoms with E-state index in [4.69, 9.17) is 4.74 Å². The fraction of sp³-hybridized carbons (Fsp3) is 0.0588. The Labute approximate surface area is 139 Å². The number of carbonyl (C=O) groups excluding carboxylic acids is 1. The van der Waals surface area contributed by atoms with Gasteiger partial charge in [-0.05, 0) is 36.4 Å². The number of carbonyl (C=O) groups is 1. The third-order valence-electron chi connectivity index (χ3n) is 3.31. The van der Waals surface area contributed by atoms with E-state index in [-0.39, 0.29) is 4.90 Å². The van der Waals surface area contributed by atoms with Gasteiger partial charge in [-0.3, -0.25) is 0 Å². The third kappa shape index (κ3) is 3.52. The quantitative estimate of drug-likeness (QED) is 0.681. The van der Waals surface area contributed by atoms with Crippen LogP contribution in [0.15, 0.2) is 71.9 Å². The summed E-state index contributed by atoms with van der Waals surface area (Å²) in [6.45, 7) is 0. The lowest BCUT2D eigenvalue weighted by Gasteiger charge is -2.03. The maximum absolute atomic E-state index is 12.0. The standard InChI is InChI=1S/C17H14N2O4S/c1-24(21,22)16-9-7-14(8-10-16)19-12-15(11-18-19)23-17(20)13-5-3-2-4-6-13/h2-12H,1H3. The second-order valence-corrected chi connectivity index (χ2v) is 7.16. The first-order chi connectivity index (χ1) is 11.4. The lowest BCUT2D eigenvalue weighted by molar-refractivity contribution is 0.0734. The minimum absolute atomic E-state index is 0.231. The first-order valence-corrected chi connectivity index (χ1v) is 8.95. The Bertz CT molecular complexity index is 961. The molecule has 6 nitrogen and oxygen atoms in total. The van der Waals surface area contributed by atoms with Gasteiger partial charge in [0.1, 0.15) is 0 Å². The van der Waals surface area contributed by atoms with Crippen molar-refractivity contribution < 1.29 is 17.9 Å². The zero-order valence-electron chi connectivity index (χ0n) is 12.8. The molecule has 0 aliphatic rings. The smallest absolute Gasteiger partial charge is 0.343 e. The second-order valence-electron chi connectivity index (χ2n) is 5.14. The molecule has 0 radical (unpaired) electrons. The zero-order chi connectivity index (χ0) is 17.2. The summed E-state index contributed by atoms with van der Waals surface area (Å²) in [6, 6.07) is 14.9. The van der Waals surface area contributed by atoms with Crippen molar-refractivity contribution >= 4 is 15.8 Å². The minimum Gasteiger partial charge on any atom is -0.420 e. The largest absolute Gasteiger partial charge is 0.420 e. The van der Waals surface area contributed by atoms with E-state index >= 15 is 0 Å². The summed E-state index contributed by atoms with van der Waals surface area (Å²) < 4.78 is 29.7. The van der Waals surface area contributed by atoms with Crippen LogP contribution in [0.1, 0.15) is 10.4 Å². The molecule has 0 fully saturated rings. The van der Waals surface area contributed by atoms with Gasteiger partial charge in [0.25, 0.3) is 0 Å². The molecule has 0 saturated heterocycles. The number of esters is 1. The molecule has 1 aromatic heterocycles. The Morgan fingerprint density at radius 3 is 2.33 bits per heavy atom. The van der Waals surface area contributed by atoms with Gasteiger partial charge < -0.3 is 4.74 Å². The monoisotopic (exact) mass is 342 g/mol. The molecule has 2 aromatic carbocycles. The van der Waals surface area contributed by atoms with Gasteiger partial charge >= 0.3 is 5.97 Å². The van der Waals surface area contributed by atoms with Crippen LogP contribution in [0.25, 0.3) is 5.69 Å². The zero-order valence-corrected chi connectivity index (χ0v) is 13.6. The normalized spacial score (nSPS) is 11.2. The van der Waals surface area contributed by atoms with Crippen LogP contribution in [0, 0.1) is 0 Å². The molecular formula is C17H14N2O4S. The molecule has 0 aliphatic carbocycles. The van der Waals surface area contributed by atoms with E-state index in [9.17, 15) is 13.2 Å². The molecule has 0 N–H and O–H groups in total. The van der Waals surface area contributed by atoms with Crippen LogP contribution < -0.4 is 4.74 Å². The molecule has 0 spiro atoms. The SMILES string of the molecule is CS(=O)(=O)c1ccc(-n2cc(OC(=O)c3ccccc3)cn2)cc1. The van der Waals surface area contributed by atoms with Crippen molar-refractivity contribution in [2.45, 2.75) is 4.90 Å². The van der Waals surface area contributed by atoms with Gasteiger partial charge in [0.15, 0.2) is 15.6 Å². The highest BCUT2D eigenvalue weighted by Gasteiger charge is 2.11. The second kappa shape index (κ2) is 6.29. The average Bonchev–Trinajstić information content (AvgIpc) is 3.03. The van der Waals surface area contributed by atoms with Gasteiger partial charge in [-0.25, -0.2) is 17.9 Å². The predicted molar refractivity (Wildman–Crippen MR) is 88.1 cm³/mol. The summed E-state index contributed by atoms with van der Waals surface area (Å²) in [5, 5.41) is 4.12. The van der Waals surface area contributed by atoms with E-state index in [1.54, 1.807) is 42.6 Å². The molecule has 3 rings (SSSR count). The van der Waals surface area contributed by atoms with Crippen molar-refractivity contribution in [1.29, 1.82) is 0 Å². The number of nitrogens with zero attached hydrogens (tertiary/aromatic N) is 2. The molecule has 24 heavy (non-hydrogen) atoms. The number of aromatic nitrogens is 2. The van der Waals surface area contributed by atoms with E-state index in [1.165, 1.54) is 23.0 Å². The molecule has 3 aromatic rings. The Balaban J connectivity index is 1.77. The number of rotatable bonds is 4. The number of hydrogen-bond acceptors (Lipinski definition) is 5. The molecule has 0 atom stereocenters. The highest BCUT2D eigenvalue weighted by molar-refractivity contribution is 7.90. The molecule has 1 heterocycles. The lowest BCUT2D eigenvalue weighted by Crippen LogP contribution is -2.07. The minimum atomic E-state index is -3.24. The Morgan fingerprint density at radius 2 is 1.71 bits per heavy atom. The summed E-state index contributed by atoms with van der Waals surface area (Å²) in [7, 11) is -3.24. The van der Waals surface area contributed by atoms with Gasteiger partial charge in [0, 0.05) is 6.26 Å². The summed E-state index contributed by atoms with van der Waals surface area (Å²) >= 11 is 0. The summed E-state index contributed by atoms with van der Waals surface area (Å²) in [4.78, 5) is 12.2. The first-order valence-electron chi connectivity index (χ1n) is 7.06. The van der Waals surface area contributed by atoms with Gasteiger partial charge in [0.2, 0.25) is 0 Å². The van der Waals surface area contributed by atoms with Crippen LogP contribution in [-0.4, -0.2) is 30.4 Å². The Hall–Kier alpha value is -2.93. The molecule has 122 valence electrons. The molecule has 0 saturated carbocycles. The van der Waals surface area contributed by atoms with Crippen molar-refractivity contribution in [1.82, 2.24) is 9.78 Å².